The Kier molecular flexibility index (Phi) is 4.30. The van der Waals surface area contributed by atoms with Gasteiger partial charge in [0.2, 0.25) is 0 Å². The third-order valence-electron chi connectivity index (χ3n) is 3.82. The second-order valence-corrected chi connectivity index (χ2v) is 5.17. The van der Waals surface area contributed by atoms with Crippen molar-refractivity contribution < 1.29 is 33.0 Å². The number of amides is 1. The number of hydrogen-bond donors (Lipinski definition) is 2. The van der Waals surface area contributed by atoms with Gasteiger partial charge >= 0.3 is 18.2 Å². The number of halogens is 3. The molecule has 0 aliphatic carbocycles. The van der Waals surface area contributed by atoms with E-state index in [1.807, 2.05) is 0 Å². The fourth-order valence-electron chi connectivity index (χ4n) is 2.63. The van der Waals surface area contributed by atoms with Crippen molar-refractivity contribution in [1.29, 1.82) is 0 Å². The van der Waals surface area contributed by atoms with Crippen molar-refractivity contribution >= 4 is 12.1 Å². The summed E-state index contributed by atoms with van der Waals surface area (Å²) in [5.41, 5.74) is -0.468. The molecule has 1 saturated heterocycles. The molecule has 2 N–H and O–H groups in total. The largest absolute Gasteiger partial charge is 0.481 e. The zero-order chi connectivity index (χ0) is 16.5. The lowest BCUT2D eigenvalue weighted by Crippen LogP contribution is -2.42. The molecule has 120 valence electrons. The molecule has 1 heterocycles. The number of piperidine rings is 1. The van der Waals surface area contributed by atoms with Crippen molar-refractivity contribution in [2.45, 2.75) is 25.1 Å². The van der Waals surface area contributed by atoms with Gasteiger partial charge in [0, 0.05) is 6.54 Å². The van der Waals surface area contributed by atoms with Crippen LogP contribution in [-0.2, 0) is 11.0 Å². The number of carboxylic acids is 1. The Morgan fingerprint density at radius 3 is 2.18 bits per heavy atom. The fraction of sp³-hybridized carbons (Fsp3) is 0.429. The van der Waals surface area contributed by atoms with E-state index in [4.69, 9.17) is 5.11 Å². The van der Waals surface area contributed by atoms with Crippen LogP contribution in [0, 0.1) is 5.92 Å². The molecule has 1 amide bonds. The van der Waals surface area contributed by atoms with E-state index >= 15 is 0 Å². The second-order valence-electron chi connectivity index (χ2n) is 5.17. The Morgan fingerprint density at radius 1 is 1.14 bits per heavy atom. The van der Waals surface area contributed by atoms with Gasteiger partial charge in [-0.05, 0) is 30.5 Å². The number of carboxylic acid groups (broad SMARTS) is 2. The van der Waals surface area contributed by atoms with Gasteiger partial charge in [-0.25, -0.2) is 4.79 Å². The van der Waals surface area contributed by atoms with Gasteiger partial charge in [-0.15, -0.1) is 0 Å². The first-order valence-electron chi connectivity index (χ1n) is 6.59. The highest BCUT2D eigenvalue weighted by Crippen LogP contribution is 2.36. The van der Waals surface area contributed by atoms with Gasteiger partial charge < -0.3 is 15.1 Å². The van der Waals surface area contributed by atoms with Crippen LogP contribution in [0.2, 0.25) is 0 Å². The average molecular weight is 317 g/mol. The van der Waals surface area contributed by atoms with Crippen LogP contribution < -0.4 is 0 Å². The molecule has 8 heteroatoms. The molecule has 2 atom stereocenters. The smallest absolute Gasteiger partial charge is 0.416 e. The summed E-state index contributed by atoms with van der Waals surface area (Å²) in [6.07, 6.45) is -5.44. The van der Waals surface area contributed by atoms with E-state index in [-0.39, 0.29) is 19.4 Å². The Hall–Kier alpha value is -2.25. The van der Waals surface area contributed by atoms with Crippen molar-refractivity contribution in [3.8, 4) is 0 Å². The molecule has 2 unspecified atom stereocenters. The Labute approximate surface area is 124 Å². The van der Waals surface area contributed by atoms with E-state index in [0.29, 0.717) is 5.56 Å². The van der Waals surface area contributed by atoms with Crippen molar-refractivity contribution in [1.82, 2.24) is 4.90 Å². The molecule has 5 nitrogen and oxygen atoms in total. The van der Waals surface area contributed by atoms with Crippen LogP contribution in [0.15, 0.2) is 24.3 Å². The highest BCUT2D eigenvalue weighted by Gasteiger charge is 2.36. The maximum atomic E-state index is 12.6. The van der Waals surface area contributed by atoms with Crippen LogP contribution >= 0.6 is 0 Å². The van der Waals surface area contributed by atoms with Gasteiger partial charge in [0.1, 0.15) is 0 Å². The number of carbonyl (C=O) groups is 2. The van der Waals surface area contributed by atoms with Crippen LogP contribution in [0.3, 0.4) is 0 Å². The normalized spacial score (nSPS) is 22.4. The summed E-state index contributed by atoms with van der Waals surface area (Å²) < 4.78 is 37.7. The summed E-state index contributed by atoms with van der Waals surface area (Å²) in [6, 6.07) is 3.40. The first kappa shape index (κ1) is 16.1. The summed E-state index contributed by atoms with van der Waals surface area (Å²) in [5.74, 6) is -1.73. The average Bonchev–Trinajstić information content (AvgIpc) is 2.45. The van der Waals surface area contributed by atoms with E-state index in [9.17, 15) is 27.9 Å². The molecule has 1 aromatic rings. The van der Waals surface area contributed by atoms with Gasteiger partial charge in [-0.1, -0.05) is 12.1 Å². The SMILES string of the molecule is O=C(O)C1CCN(C(=O)O)C(c2ccc(C(F)(F)F)cc2)C1. The number of alkyl halides is 3. The first-order valence-corrected chi connectivity index (χ1v) is 6.59. The zero-order valence-corrected chi connectivity index (χ0v) is 11.4. The molecule has 1 fully saturated rings. The number of benzene rings is 1. The Morgan fingerprint density at radius 2 is 1.73 bits per heavy atom. The quantitative estimate of drug-likeness (QED) is 0.878. The molecule has 0 aromatic heterocycles. The van der Waals surface area contributed by atoms with Crippen molar-refractivity contribution in [2.75, 3.05) is 6.54 Å². The third kappa shape index (κ3) is 3.32. The number of rotatable bonds is 2. The minimum Gasteiger partial charge on any atom is -0.481 e. The van der Waals surface area contributed by atoms with E-state index in [2.05, 4.69) is 0 Å². The molecule has 1 aromatic carbocycles. The van der Waals surface area contributed by atoms with Crippen molar-refractivity contribution in [2.24, 2.45) is 5.92 Å². The minimum absolute atomic E-state index is 0.0397. The second kappa shape index (κ2) is 5.86. The molecule has 0 bridgehead atoms. The molecule has 0 saturated carbocycles. The van der Waals surface area contributed by atoms with Crippen LogP contribution in [-0.4, -0.2) is 33.7 Å². The maximum Gasteiger partial charge on any atom is 0.416 e. The van der Waals surface area contributed by atoms with E-state index in [1.54, 1.807) is 0 Å². The summed E-state index contributed by atoms with van der Waals surface area (Å²) >= 11 is 0. The van der Waals surface area contributed by atoms with E-state index in [1.165, 1.54) is 12.1 Å². The van der Waals surface area contributed by atoms with Gasteiger partial charge in [0.25, 0.3) is 0 Å². The molecule has 22 heavy (non-hydrogen) atoms. The standard InChI is InChI=1S/C14H14F3NO4/c15-14(16,17)10-3-1-8(2-4-10)11-7-9(12(19)20)5-6-18(11)13(21)22/h1-4,9,11H,5-7H2,(H,19,20)(H,21,22). The van der Waals surface area contributed by atoms with E-state index in [0.717, 1.165) is 17.0 Å². The molecule has 2 rings (SSSR count). The first-order chi connectivity index (χ1) is 10.2. The van der Waals surface area contributed by atoms with Gasteiger partial charge in [-0.2, -0.15) is 13.2 Å². The number of nitrogens with zero attached hydrogens (tertiary/aromatic N) is 1. The minimum atomic E-state index is -4.47. The Bertz CT molecular complexity index is 570. The molecule has 1 aliphatic heterocycles. The Balaban J connectivity index is 2.28. The van der Waals surface area contributed by atoms with Gasteiger partial charge in [0.15, 0.2) is 0 Å². The number of likely N-dealkylation sites (tertiary alicyclic amines) is 1. The maximum absolute atomic E-state index is 12.6. The lowest BCUT2D eigenvalue weighted by molar-refractivity contribution is -0.144. The van der Waals surface area contributed by atoms with Gasteiger partial charge in [0.05, 0.1) is 17.5 Å². The molecule has 0 radical (unpaired) electrons. The highest BCUT2D eigenvalue weighted by atomic mass is 19.4. The summed E-state index contributed by atoms with van der Waals surface area (Å²) in [7, 11) is 0. The number of aliphatic carboxylic acids is 1. The van der Waals surface area contributed by atoms with Crippen LogP contribution in [0.5, 0.6) is 0 Å². The van der Waals surface area contributed by atoms with Crippen molar-refractivity contribution in [3.63, 3.8) is 0 Å². The highest BCUT2D eigenvalue weighted by molar-refractivity contribution is 5.71. The zero-order valence-electron chi connectivity index (χ0n) is 11.4. The van der Waals surface area contributed by atoms with E-state index < -0.39 is 35.8 Å². The summed E-state index contributed by atoms with van der Waals surface area (Å²) in [5, 5.41) is 18.2. The van der Waals surface area contributed by atoms with Crippen LogP contribution in [0.25, 0.3) is 0 Å². The number of hydrogen-bond acceptors (Lipinski definition) is 2. The van der Waals surface area contributed by atoms with Crippen LogP contribution in [0.4, 0.5) is 18.0 Å². The summed E-state index contributed by atoms with van der Waals surface area (Å²) in [4.78, 5) is 23.4. The molecule has 0 spiro atoms. The molecular weight excluding hydrogens is 303 g/mol. The summed E-state index contributed by atoms with van der Waals surface area (Å²) in [6.45, 7) is 0.0397. The monoisotopic (exact) mass is 317 g/mol. The predicted molar refractivity (Wildman–Crippen MR) is 69.3 cm³/mol. The van der Waals surface area contributed by atoms with Gasteiger partial charge in [-0.3, -0.25) is 4.79 Å². The van der Waals surface area contributed by atoms with Crippen molar-refractivity contribution in [3.05, 3.63) is 35.4 Å². The van der Waals surface area contributed by atoms with Crippen LogP contribution in [0.1, 0.15) is 30.0 Å². The third-order valence-corrected chi connectivity index (χ3v) is 3.82. The molecule has 1 aliphatic rings. The predicted octanol–water partition coefficient (Wildman–Crippen LogP) is 3.22. The lowest BCUT2D eigenvalue weighted by Gasteiger charge is -2.36. The molecular formula is C14H14F3NO4. The topological polar surface area (TPSA) is 77.8 Å². The fourth-order valence-corrected chi connectivity index (χ4v) is 2.63. The lowest BCUT2D eigenvalue weighted by atomic mass is 9.87.